The van der Waals surface area contributed by atoms with Gasteiger partial charge in [0.05, 0.1) is 6.61 Å². The standard InChI is InChI=1S/C53H81O13P/c1-3-5-7-9-11-13-15-17-19-21-23-25-27-29-31-33-35-37-39-41-46(54)63-43-45(44-64-67(61,62)66-53-51(59)49(57)48(56)50(58)52(53)60)65-47(55)42-40-38-36-34-32-30-28-26-24-22-20-18-16-14-12-10-8-6-4-2/h5,7,11-14,17-20,23-26,29-32,35-38,45,48-53,56-60H,3-4,6,8-10,15-16,21-22,27-28,33-34,39-44H2,1-2H3,(H,61,62)/b7-5+,13-11+,14-12+,19-17+,20-18+,25-23+,26-24+,31-29+,32-30+,37-35+,38-36+/t45-,48?,49-,50?,51?,52?,53?/m0/s1. The summed E-state index contributed by atoms with van der Waals surface area (Å²) in [6, 6.07) is 0. The smallest absolute Gasteiger partial charge is 0.462 e. The predicted molar refractivity (Wildman–Crippen MR) is 267 cm³/mol. The first-order valence-electron chi connectivity index (χ1n) is 24.0. The van der Waals surface area contributed by atoms with Gasteiger partial charge in [-0.25, -0.2) is 4.57 Å². The van der Waals surface area contributed by atoms with Crippen LogP contribution in [0, 0.1) is 0 Å². The number of phosphoric acid groups is 1. The fourth-order valence-corrected chi connectivity index (χ4v) is 7.15. The van der Waals surface area contributed by atoms with Gasteiger partial charge in [-0.15, -0.1) is 0 Å². The highest BCUT2D eigenvalue weighted by Gasteiger charge is 2.51. The summed E-state index contributed by atoms with van der Waals surface area (Å²) >= 11 is 0. The third kappa shape index (κ3) is 33.2. The van der Waals surface area contributed by atoms with E-state index in [-0.39, 0.29) is 12.8 Å². The van der Waals surface area contributed by atoms with E-state index in [1.165, 1.54) is 19.3 Å². The number of carbonyl (C=O) groups excluding carboxylic acids is 2. The summed E-state index contributed by atoms with van der Waals surface area (Å²) in [6.07, 6.45) is 46.7. The number of hydrogen-bond acceptors (Lipinski definition) is 12. The zero-order chi connectivity index (χ0) is 49.2. The highest BCUT2D eigenvalue weighted by Crippen LogP contribution is 2.47. The summed E-state index contributed by atoms with van der Waals surface area (Å²) in [5, 5.41) is 50.2. The lowest BCUT2D eigenvalue weighted by atomic mass is 9.85. The molecule has 6 unspecified atom stereocenters. The van der Waals surface area contributed by atoms with Gasteiger partial charge in [0.2, 0.25) is 0 Å². The molecule has 1 aliphatic carbocycles. The second-order valence-corrected chi connectivity index (χ2v) is 17.3. The summed E-state index contributed by atoms with van der Waals surface area (Å²) < 4.78 is 33.4. The first-order valence-corrected chi connectivity index (χ1v) is 25.5. The SMILES string of the molecule is CC/C=C/C/C=C/C/C=C/C/C=C/C/C=C/C/C=C/CCC(=O)OC[C@@H](COP(=O)(O)OC1C(O)C(O)C(O)[C@H](O)C1O)OC(=O)CC/C=C/C/C=C/C/C=C/C/C=C/C/C=C/CCCCC. The van der Waals surface area contributed by atoms with Crippen LogP contribution >= 0.6 is 7.82 Å². The van der Waals surface area contributed by atoms with Crippen LogP contribution < -0.4 is 0 Å². The van der Waals surface area contributed by atoms with E-state index in [1.807, 2.05) is 36.5 Å². The quantitative estimate of drug-likeness (QED) is 0.0148. The van der Waals surface area contributed by atoms with Crippen molar-refractivity contribution in [2.24, 2.45) is 0 Å². The lowest BCUT2D eigenvalue weighted by Gasteiger charge is -2.41. The van der Waals surface area contributed by atoms with Crippen LogP contribution in [-0.4, -0.2) is 98.3 Å². The van der Waals surface area contributed by atoms with Crippen LogP contribution in [0.2, 0.25) is 0 Å². The van der Waals surface area contributed by atoms with Crippen LogP contribution in [0.5, 0.6) is 0 Å². The van der Waals surface area contributed by atoms with E-state index < -0.39 is 75.7 Å². The van der Waals surface area contributed by atoms with Gasteiger partial charge in [0.25, 0.3) is 0 Å². The van der Waals surface area contributed by atoms with E-state index in [2.05, 4.69) is 111 Å². The summed E-state index contributed by atoms with van der Waals surface area (Å²) in [5.41, 5.74) is 0. The topological polar surface area (TPSA) is 210 Å². The molecule has 0 saturated heterocycles. The maximum absolute atomic E-state index is 12.8. The van der Waals surface area contributed by atoms with Gasteiger partial charge in [0.1, 0.15) is 43.2 Å². The number of aliphatic hydroxyl groups is 5. The largest absolute Gasteiger partial charge is 0.472 e. The number of phosphoric ester groups is 1. The zero-order valence-corrected chi connectivity index (χ0v) is 40.8. The molecular weight excluding hydrogens is 876 g/mol. The highest BCUT2D eigenvalue weighted by atomic mass is 31.2. The molecule has 14 heteroatoms. The van der Waals surface area contributed by atoms with Gasteiger partial charge < -0.3 is 39.9 Å². The van der Waals surface area contributed by atoms with Gasteiger partial charge in [-0.05, 0) is 89.9 Å². The van der Waals surface area contributed by atoms with Crippen molar-refractivity contribution in [3.8, 4) is 0 Å². The van der Waals surface area contributed by atoms with Gasteiger partial charge >= 0.3 is 19.8 Å². The average Bonchev–Trinajstić information content (AvgIpc) is 3.31. The molecule has 67 heavy (non-hydrogen) atoms. The van der Waals surface area contributed by atoms with E-state index in [9.17, 15) is 44.6 Å². The van der Waals surface area contributed by atoms with Crippen molar-refractivity contribution in [1.82, 2.24) is 0 Å². The first-order chi connectivity index (χ1) is 32.4. The van der Waals surface area contributed by atoms with Gasteiger partial charge in [-0.2, -0.15) is 0 Å². The Bertz CT molecular complexity index is 1670. The summed E-state index contributed by atoms with van der Waals surface area (Å²) in [7, 11) is -5.17. The highest BCUT2D eigenvalue weighted by molar-refractivity contribution is 7.47. The van der Waals surface area contributed by atoms with Crippen molar-refractivity contribution >= 4 is 19.8 Å². The molecule has 1 saturated carbocycles. The number of aliphatic hydroxyl groups excluding tert-OH is 5. The molecule has 6 N–H and O–H groups in total. The number of ether oxygens (including phenoxy) is 2. The third-order valence-corrected chi connectivity index (χ3v) is 11.0. The molecular formula is C53H81O13P. The molecule has 0 radical (unpaired) electrons. The van der Waals surface area contributed by atoms with Crippen LogP contribution in [0.25, 0.3) is 0 Å². The Balaban J connectivity index is 2.57. The van der Waals surface area contributed by atoms with E-state index in [0.29, 0.717) is 25.7 Å². The zero-order valence-electron chi connectivity index (χ0n) is 39.9. The fourth-order valence-electron chi connectivity index (χ4n) is 6.18. The molecule has 0 bridgehead atoms. The van der Waals surface area contributed by atoms with Crippen molar-refractivity contribution in [3.05, 3.63) is 134 Å². The minimum Gasteiger partial charge on any atom is -0.462 e. The van der Waals surface area contributed by atoms with Crippen molar-refractivity contribution in [2.45, 2.75) is 172 Å². The van der Waals surface area contributed by atoms with Crippen LogP contribution in [-0.2, 0) is 32.7 Å². The fraction of sp³-hybridized carbons (Fsp3) is 0.547. The number of carbonyl (C=O) groups is 2. The Morgan fingerprint density at radius 2 is 0.836 bits per heavy atom. The van der Waals surface area contributed by atoms with Crippen molar-refractivity contribution in [1.29, 1.82) is 0 Å². The van der Waals surface area contributed by atoms with Crippen LogP contribution in [0.15, 0.2) is 134 Å². The van der Waals surface area contributed by atoms with Gasteiger partial charge in [0, 0.05) is 12.8 Å². The number of unbranched alkanes of at least 4 members (excludes halogenated alkanes) is 3. The predicted octanol–water partition coefficient (Wildman–Crippen LogP) is 9.94. The van der Waals surface area contributed by atoms with Crippen LogP contribution in [0.4, 0.5) is 0 Å². The molecule has 0 aromatic heterocycles. The summed E-state index contributed by atoms with van der Waals surface area (Å²) in [5.74, 6) is -1.31. The van der Waals surface area contributed by atoms with Gasteiger partial charge in [-0.1, -0.05) is 160 Å². The Morgan fingerprint density at radius 1 is 0.478 bits per heavy atom. The number of esters is 2. The van der Waals surface area contributed by atoms with Gasteiger partial charge in [-0.3, -0.25) is 18.6 Å². The normalized spacial score (nSPS) is 22.3. The van der Waals surface area contributed by atoms with Gasteiger partial charge in [0.15, 0.2) is 6.10 Å². The van der Waals surface area contributed by atoms with Crippen molar-refractivity contribution < 1.29 is 63.1 Å². The summed E-state index contributed by atoms with van der Waals surface area (Å²) in [6.45, 7) is 3.01. The molecule has 376 valence electrons. The number of hydrogen-bond donors (Lipinski definition) is 6. The van der Waals surface area contributed by atoms with Crippen LogP contribution in [0.1, 0.15) is 129 Å². The molecule has 0 heterocycles. The number of rotatable bonds is 37. The van der Waals surface area contributed by atoms with E-state index in [0.717, 1.165) is 57.8 Å². The number of allylic oxidation sites excluding steroid dienone is 22. The second-order valence-electron chi connectivity index (χ2n) is 15.9. The lowest BCUT2D eigenvalue weighted by Crippen LogP contribution is -2.64. The first kappa shape index (κ1) is 61.0. The Morgan fingerprint density at radius 3 is 1.24 bits per heavy atom. The molecule has 0 aliphatic heterocycles. The van der Waals surface area contributed by atoms with E-state index in [1.54, 1.807) is 0 Å². The lowest BCUT2D eigenvalue weighted by molar-refractivity contribution is -0.220. The molecule has 8 atom stereocenters. The van der Waals surface area contributed by atoms with Crippen molar-refractivity contribution in [3.63, 3.8) is 0 Å². The maximum atomic E-state index is 12.8. The Kier molecular flexibility index (Phi) is 37.3. The third-order valence-electron chi connectivity index (χ3n) is 10.0. The molecule has 1 rings (SSSR count). The second kappa shape index (κ2) is 41.0. The Hall–Kier alpha value is -4.01. The monoisotopic (exact) mass is 957 g/mol. The van der Waals surface area contributed by atoms with E-state index >= 15 is 0 Å². The molecule has 0 spiro atoms. The van der Waals surface area contributed by atoms with Crippen molar-refractivity contribution in [2.75, 3.05) is 13.2 Å². The molecule has 0 aromatic rings. The molecule has 1 aliphatic rings. The molecule has 0 aromatic carbocycles. The van der Waals surface area contributed by atoms with Crippen LogP contribution in [0.3, 0.4) is 0 Å². The average molecular weight is 957 g/mol. The minimum absolute atomic E-state index is 0.0174. The minimum atomic E-state index is -5.17. The molecule has 13 nitrogen and oxygen atoms in total. The maximum Gasteiger partial charge on any atom is 0.472 e. The summed E-state index contributed by atoms with van der Waals surface area (Å²) in [4.78, 5) is 35.7. The van der Waals surface area contributed by atoms with E-state index in [4.69, 9.17) is 18.5 Å². The Labute approximate surface area is 400 Å². The molecule has 0 amide bonds. The molecule has 1 fully saturated rings.